The van der Waals surface area contributed by atoms with Crippen LogP contribution in [0.3, 0.4) is 0 Å². The van der Waals surface area contributed by atoms with Crippen molar-refractivity contribution >= 4 is 35.6 Å². The van der Waals surface area contributed by atoms with Gasteiger partial charge < -0.3 is 31.3 Å². The Morgan fingerprint density at radius 2 is 0.698 bits per heavy atom. The number of aromatic nitrogens is 3. The van der Waals surface area contributed by atoms with Gasteiger partial charge in [-0.3, -0.25) is 14.4 Å². The van der Waals surface area contributed by atoms with Crippen LogP contribution in [0.2, 0.25) is 0 Å². The zero-order valence-electron chi connectivity index (χ0n) is 23.3. The van der Waals surface area contributed by atoms with E-state index in [-0.39, 0.29) is 90.1 Å². The minimum Gasteiger partial charge on any atom is -0.477 e. The molecule has 6 N–H and O–H groups in total. The predicted octanol–water partition coefficient (Wildman–Crippen LogP) is 1.59. The van der Waals surface area contributed by atoms with Crippen molar-refractivity contribution in [2.24, 2.45) is 0 Å². The van der Waals surface area contributed by atoms with E-state index in [1.807, 2.05) is 0 Å². The molecule has 15 nitrogen and oxygen atoms in total. The molecule has 0 bridgehead atoms. The number of aromatic carboxylic acids is 3. The molecule has 3 amide bonds. The molecular weight excluding hydrogens is 715 g/mol. The summed E-state index contributed by atoms with van der Waals surface area (Å²) in [6.07, 6.45) is 0. The molecule has 232 valence electrons. The summed E-state index contributed by atoms with van der Waals surface area (Å²) in [5.74, 6) is -4.52. The molecule has 0 radical (unpaired) electrons. The van der Waals surface area contributed by atoms with Crippen LogP contribution in [0.15, 0.2) is 54.6 Å². The number of amides is 3. The summed E-state index contributed by atoms with van der Waals surface area (Å²) in [4.78, 5) is 76.4. The molecule has 0 unspecified atom stereocenters. The Kier molecular flexibility index (Phi) is 18.3. The zero-order chi connectivity index (χ0) is 31.7. The average molecular weight is 745 g/mol. The van der Waals surface area contributed by atoms with Crippen LogP contribution in [0.1, 0.15) is 83.7 Å². The van der Waals surface area contributed by atoms with Crippen LogP contribution in [0.25, 0.3) is 0 Å². The maximum atomic E-state index is 11.3. The maximum Gasteiger partial charge on any atom is 0.354 e. The standard InChI is InChI=1S/3C9H10N2O3.Dy/c3*1-2-10-8(12)6-4-3-5-7(11-6)9(13)14;/h3*3-5H,2H2,1H3,(H,10,12)(H,13,14);. The minimum atomic E-state index is -1.14. The van der Waals surface area contributed by atoms with E-state index < -0.39 is 17.9 Å². The number of pyridine rings is 3. The van der Waals surface area contributed by atoms with Crippen molar-refractivity contribution in [1.82, 2.24) is 30.9 Å². The third-order valence-electron chi connectivity index (χ3n) is 4.61. The fourth-order valence-electron chi connectivity index (χ4n) is 2.79. The van der Waals surface area contributed by atoms with Gasteiger partial charge in [-0.05, 0) is 57.2 Å². The SMILES string of the molecule is CCNC(=O)c1cccc(C(=O)O)n1.CCNC(=O)c1cccc(C(=O)O)n1.CCNC(=O)c1cccc(C(=O)O)n1.[Dy]. The van der Waals surface area contributed by atoms with Gasteiger partial charge in [0, 0.05) is 57.8 Å². The molecule has 0 aliphatic rings. The van der Waals surface area contributed by atoms with Gasteiger partial charge in [-0.25, -0.2) is 29.3 Å². The molecular formula is C27H30DyN6O9. The van der Waals surface area contributed by atoms with Gasteiger partial charge in [-0.1, -0.05) is 18.2 Å². The van der Waals surface area contributed by atoms with Crippen molar-refractivity contribution in [3.8, 4) is 0 Å². The van der Waals surface area contributed by atoms with Crippen molar-refractivity contribution in [3.05, 3.63) is 88.8 Å². The van der Waals surface area contributed by atoms with E-state index in [0.717, 1.165) is 0 Å². The normalized spacial score (nSPS) is 9.28. The smallest absolute Gasteiger partial charge is 0.354 e. The molecule has 16 heteroatoms. The van der Waals surface area contributed by atoms with E-state index in [1.54, 1.807) is 20.8 Å². The maximum absolute atomic E-state index is 11.3. The molecule has 43 heavy (non-hydrogen) atoms. The number of rotatable bonds is 9. The van der Waals surface area contributed by atoms with E-state index in [9.17, 15) is 28.8 Å². The molecule has 3 aromatic heterocycles. The average Bonchev–Trinajstić information content (AvgIpc) is 2.98. The Morgan fingerprint density at radius 1 is 0.488 bits per heavy atom. The van der Waals surface area contributed by atoms with Crippen LogP contribution in [0.5, 0.6) is 0 Å². The predicted molar refractivity (Wildman–Crippen MR) is 148 cm³/mol. The number of carbonyl (C=O) groups is 6. The van der Waals surface area contributed by atoms with Crippen molar-refractivity contribution in [1.29, 1.82) is 0 Å². The molecule has 0 aromatic carbocycles. The van der Waals surface area contributed by atoms with Crippen LogP contribution in [-0.2, 0) is 0 Å². The number of carbonyl (C=O) groups excluding carboxylic acids is 3. The zero-order valence-corrected chi connectivity index (χ0v) is 25.3. The number of hydrogen-bond donors (Lipinski definition) is 6. The Bertz CT molecular complexity index is 1270. The summed E-state index contributed by atoms with van der Waals surface area (Å²) in [5, 5.41) is 33.5. The van der Waals surface area contributed by atoms with Gasteiger partial charge in [-0.2, -0.15) is 0 Å². The molecule has 3 rings (SSSR count). The fourth-order valence-corrected chi connectivity index (χ4v) is 2.79. The Morgan fingerprint density at radius 3 is 0.884 bits per heavy atom. The summed E-state index contributed by atoms with van der Waals surface area (Å²) in [5.41, 5.74) is -0.0403. The van der Waals surface area contributed by atoms with Gasteiger partial charge in [0.1, 0.15) is 34.2 Å². The number of nitrogens with zero attached hydrogens (tertiary/aromatic N) is 3. The second-order valence-electron chi connectivity index (χ2n) is 7.72. The number of nitrogens with one attached hydrogen (secondary N) is 3. The monoisotopic (exact) mass is 746 g/mol. The van der Waals surface area contributed by atoms with Crippen LogP contribution >= 0.6 is 0 Å². The summed E-state index contributed by atoms with van der Waals surface area (Å²) in [7, 11) is 0. The molecule has 0 aliphatic carbocycles. The number of hydrogen-bond acceptors (Lipinski definition) is 9. The topological polar surface area (TPSA) is 238 Å². The summed E-state index contributed by atoms with van der Waals surface area (Å²) >= 11 is 0. The van der Waals surface area contributed by atoms with Crippen LogP contribution in [0.4, 0.5) is 0 Å². The third-order valence-corrected chi connectivity index (χ3v) is 4.61. The van der Waals surface area contributed by atoms with E-state index in [2.05, 4.69) is 30.9 Å². The van der Waals surface area contributed by atoms with Crippen LogP contribution in [-0.4, -0.2) is 85.5 Å². The van der Waals surface area contributed by atoms with Crippen molar-refractivity contribution in [2.45, 2.75) is 20.8 Å². The van der Waals surface area contributed by atoms with Crippen LogP contribution in [0, 0.1) is 38.2 Å². The number of carboxylic acid groups (broad SMARTS) is 3. The summed E-state index contributed by atoms with van der Waals surface area (Å²) in [6, 6.07) is 12.9. The second kappa shape index (κ2) is 20.4. The van der Waals surface area contributed by atoms with Crippen molar-refractivity contribution in [2.75, 3.05) is 19.6 Å². The summed E-state index contributed by atoms with van der Waals surface area (Å²) < 4.78 is 0. The van der Waals surface area contributed by atoms with Crippen molar-refractivity contribution in [3.63, 3.8) is 0 Å². The molecule has 0 spiro atoms. The third kappa shape index (κ3) is 13.8. The molecule has 0 atom stereocenters. The van der Waals surface area contributed by atoms with Gasteiger partial charge in [0.25, 0.3) is 17.7 Å². The van der Waals surface area contributed by atoms with E-state index >= 15 is 0 Å². The van der Waals surface area contributed by atoms with Gasteiger partial charge >= 0.3 is 17.9 Å². The quantitative estimate of drug-likeness (QED) is 0.183. The first-order valence-electron chi connectivity index (χ1n) is 12.4. The second-order valence-corrected chi connectivity index (χ2v) is 7.72. The molecule has 3 heterocycles. The Hall–Kier alpha value is -4.46. The largest absolute Gasteiger partial charge is 0.477 e. The first-order chi connectivity index (χ1) is 19.9. The molecule has 0 aliphatic heterocycles. The number of carboxylic acids is 3. The van der Waals surface area contributed by atoms with E-state index in [4.69, 9.17) is 15.3 Å². The molecule has 0 fully saturated rings. The van der Waals surface area contributed by atoms with Gasteiger partial charge in [-0.15, -0.1) is 0 Å². The first-order valence-corrected chi connectivity index (χ1v) is 12.4. The fraction of sp³-hybridized carbons (Fsp3) is 0.222. The van der Waals surface area contributed by atoms with Gasteiger partial charge in [0.05, 0.1) is 0 Å². The molecule has 3 aromatic rings. The summed E-state index contributed by atoms with van der Waals surface area (Å²) in [6.45, 7) is 6.78. The van der Waals surface area contributed by atoms with E-state index in [0.29, 0.717) is 19.6 Å². The molecule has 0 saturated carbocycles. The van der Waals surface area contributed by atoms with Crippen LogP contribution < -0.4 is 16.0 Å². The van der Waals surface area contributed by atoms with E-state index in [1.165, 1.54) is 54.6 Å². The Balaban J connectivity index is 0.000000608. The minimum absolute atomic E-state index is 0. The van der Waals surface area contributed by atoms with Gasteiger partial charge in [0.2, 0.25) is 0 Å². The van der Waals surface area contributed by atoms with Gasteiger partial charge in [0.15, 0.2) is 0 Å². The molecule has 0 saturated heterocycles. The Labute approximate surface area is 276 Å². The first kappa shape index (κ1) is 38.5. The van der Waals surface area contributed by atoms with Crippen molar-refractivity contribution < 1.29 is 82.3 Å².